The number of benzene rings is 2. The topological polar surface area (TPSA) is 69.6 Å². The fourth-order valence-electron chi connectivity index (χ4n) is 5.57. The number of carbonyl (C=O) groups excluding carboxylic acids is 1. The number of thioether (sulfide) groups is 2. The Labute approximate surface area is 243 Å². The third-order valence-electron chi connectivity index (χ3n) is 7.88. The van der Waals surface area contributed by atoms with E-state index in [1.54, 1.807) is 11.8 Å². The highest BCUT2D eigenvalue weighted by Gasteiger charge is 2.25. The van der Waals surface area contributed by atoms with E-state index in [0.717, 1.165) is 40.7 Å². The van der Waals surface area contributed by atoms with Crippen molar-refractivity contribution in [3.05, 3.63) is 59.2 Å². The molecular formula is C32H46N2O3S2. The molecule has 2 atom stereocenters. The predicted octanol–water partition coefficient (Wildman–Crippen LogP) is 7.12. The molecule has 0 aliphatic heterocycles. The third kappa shape index (κ3) is 9.58. The van der Waals surface area contributed by atoms with Gasteiger partial charge in [-0.2, -0.15) is 23.5 Å². The molecule has 1 saturated carbocycles. The fourth-order valence-corrected chi connectivity index (χ4v) is 6.94. The maximum atomic E-state index is 13.4. The first kappa shape index (κ1) is 31.6. The summed E-state index contributed by atoms with van der Waals surface area (Å²) in [6, 6.07) is 13.8. The smallest absolute Gasteiger partial charge is 0.326 e. The zero-order valence-corrected chi connectivity index (χ0v) is 25.7. The van der Waals surface area contributed by atoms with Crippen molar-refractivity contribution in [2.45, 2.75) is 77.4 Å². The summed E-state index contributed by atoms with van der Waals surface area (Å²) in [5, 5.41) is 12.4. The molecule has 0 unspecified atom stereocenters. The average molecular weight is 571 g/mol. The molecule has 3 rings (SSSR count). The summed E-state index contributed by atoms with van der Waals surface area (Å²) in [6.45, 7) is 5.10. The van der Waals surface area contributed by atoms with Crippen LogP contribution in [0, 0.1) is 12.8 Å². The maximum Gasteiger partial charge on any atom is 0.326 e. The lowest BCUT2D eigenvalue weighted by Gasteiger charge is -2.33. The summed E-state index contributed by atoms with van der Waals surface area (Å²) >= 11 is 3.60. The van der Waals surface area contributed by atoms with E-state index in [1.807, 2.05) is 48.3 Å². The molecule has 7 heteroatoms. The summed E-state index contributed by atoms with van der Waals surface area (Å²) in [5.41, 5.74) is 4.63. The third-order valence-corrected chi connectivity index (χ3v) is 9.55. The molecule has 5 nitrogen and oxygen atoms in total. The van der Waals surface area contributed by atoms with E-state index >= 15 is 0 Å². The van der Waals surface area contributed by atoms with Gasteiger partial charge in [-0.1, -0.05) is 69.4 Å². The maximum absolute atomic E-state index is 13.4. The van der Waals surface area contributed by atoms with E-state index in [4.69, 9.17) is 0 Å². The standard InChI is InChI=1S/C32H46N2O3S2/c1-5-39-22-26(19-24-12-7-6-8-13-24)34(3)21-25-15-16-28(29(20-25)27-14-10-9-11-23(27)2)31(35)33-30(32(36)37)17-18-38-4/h9-11,14-16,20,24,26,30H,5-8,12-13,17-19,21-22H2,1-4H3,(H,33,35)(H,36,37)/t26-,30-/m0/s1. The quantitative estimate of drug-likeness (QED) is 0.238. The predicted molar refractivity (Wildman–Crippen MR) is 168 cm³/mol. The number of nitrogens with one attached hydrogen (secondary N) is 1. The Kier molecular flexibility index (Phi) is 13.2. The monoisotopic (exact) mass is 570 g/mol. The van der Waals surface area contributed by atoms with Crippen molar-refractivity contribution >= 4 is 35.4 Å². The van der Waals surface area contributed by atoms with E-state index in [9.17, 15) is 14.7 Å². The first-order valence-electron chi connectivity index (χ1n) is 14.3. The Morgan fingerprint density at radius 1 is 1.10 bits per heavy atom. The normalized spacial score (nSPS) is 15.7. The minimum absolute atomic E-state index is 0.337. The number of hydrogen-bond donors (Lipinski definition) is 2. The SMILES string of the molecule is CCSC[C@H](CC1CCCCC1)N(C)Cc1ccc(C(=O)N[C@@H](CCSC)C(=O)O)c(-c2ccccc2C)c1. The molecule has 1 amide bonds. The molecule has 214 valence electrons. The van der Waals surface area contributed by atoms with Crippen molar-refractivity contribution in [3.8, 4) is 11.1 Å². The van der Waals surface area contributed by atoms with Crippen LogP contribution in [0.3, 0.4) is 0 Å². The highest BCUT2D eigenvalue weighted by Crippen LogP contribution is 2.31. The molecular weight excluding hydrogens is 524 g/mol. The van der Waals surface area contributed by atoms with Crippen LogP contribution in [0.25, 0.3) is 11.1 Å². The molecule has 2 aromatic carbocycles. The second-order valence-electron chi connectivity index (χ2n) is 10.8. The minimum atomic E-state index is -0.998. The highest BCUT2D eigenvalue weighted by molar-refractivity contribution is 7.99. The summed E-state index contributed by atoms with van der Waals surface area (Å²) in [6.07, 6.45) is 10.4. The van der Waals surface area contributed by atoms with Crippen LogP contribution in [0.15, 0.2) is 42.5 Å². The molecule has 0 radical (unpaired) electrons. The van der Waals surface area contributed by atoms with Gasteiger partial charge in [0.2, 0.25) is 0 Å². The highest BCUT2D eigenvalue weighted by atomic mass is 32.2. The molecule has 2 aromatic rings. The van der Waals surface area contributed by atoms with Gasteiger partial charge in [-0.3, -0.25) is 9.69 Å². The molecule has 0 aromatic heterocycles. The molecule has 1 fully saturated rings. The summed E-state index contributed by atoms with van der Waals surface area (Å²) in [7, 11) is 2.24. The van der Waals surface area contributed by atoms with Gasteiger partial charge in [-0.05, 0) is 84.9 Å². The Morgan fingerprint density at radius 3 is 2.51 bits per heavy atom. The molecule has 1 aliphatic carbocycles. The number of aliphatic carboxylic acids is 1. The van der Waals surface area contributed by atoms with E-state index < -0.39 is 12.0 Å². The van der Waals surface area contributed by atoms with Gasteiger partial charge in [0.05, 0.1) is 0 Å². The Morgan fingerprint density at radius 2 is 1.85 bits per heavy atom. The lowest BCUT2D eigenvalue weighted by molar-refractivity contribution is -0.139. The lowest BCUT2D eigenvalue weighted by atomic mass is 9.85. The van der Waals surface area contributed by atoms with Crippen LogP contribution in [0.4, 0.5) is 0 Å². The Balaban J connectivity index is 1.87. The van der Waals surface area contributed by atoms with E-state index in [1.165, 1.54) is 44.1 Å². The van der Waals surface area contributed by atoms with Gasteiger partial charge >= 0.3 is 5.97 Å². The zero-order chi connectivity index (χ0) is 28.2. The molecule has 0 saturated heterocycles. The van der Waals surface area contributed by atoms with Crippen molar-refractivity contribution in [1.29, 1.82) is 0 Å². The van der Waals surface area contributed by atoms with Gasteiger partial charge in [-0.25, -0.2) is 4.79 Å². The number of carboxylic acid groups (broad SMARTS) is 1. The van der Waals surface area contributed by atoms with Crippen LogP contribution in [0.2, 0.25) is 0 Å². The minimum Gasteiger partial charge on any atom is -0.480 e. The number of amides is 1. The van der Waals surface area contributed by atoms with Crippen molar-refractivity contribution in [2.24, 2.45) is 5.92 Å². The number of aryl methyl sites for hydroxylation is 1. The summed E-state index contributed by atoms with van der Waals surface area (Å²) < 4.78 is 0. The second-order valence-corrected chi connectivity index (χ2v) is 13.1. The zero-order valence-electron chi connectivity index (χ0n) is 24.1. The molecule has 0 spiro atoms. The second kappa shape index (κ2) is 16.3. The molecule has 2 N–H and O–H groups in total. The first-order valence-corrected chi connectivity index (χ1v) is 16.9. The van der Waals surface area contributed by atoms with Crippen LogP contribution in [0.1, 0.15) is 73.4 Å². The van der Waals surface area contributed by atoms with Gasteiger partial charge in [0.15, 0.2) is 0 Å². The van der Waals surface area contributed by atoms with Crippen molar-refractivity contribution in [3.63, 3.8) is 0 Å². The van der Waals surface area contributed by atoms with Crippen molar-refractivity contribution < 1.29 is 14.7 Å². The fraction of sp³-hybridized carbons (Fsp3) is 0.562. The van der Waals surface area contributed by atoms with Crippen LogP contribution in [-0.2, 0) is 11.3 Å². The average Bonchev–Trinajstić information content (AvgIpc) is 2.93. The van der Waals surface area contributed by atoms with E-state index in [0.29, 0.717) is 23.8 Å². The van der Waals surface area contributed by atoms with Crippen LogP contribution >= 0.6 is 23.5 Å². The van der Waals surface area contributed by atoms with Gasteiger partial charge < -0.3 is 10.4 Å². The number of rotatable bonds is 15. The number of carboxylic acids is 1. The largest absolute Gasteiger partial charge is 0.480 e. The lowest BCUT2D eigenvalue weighted by Crippen LogP contribution is -2.41. The van der Waals surface area contributed by atoms with Crippen molar-refractivity contribution in [1.82, 2.24) is 10.2 Å². The summed E-state index contributed by atoms with van der Waals surface area (Å²) in [5.74, 6) is 2.43. The van der Waals surface area contributed by atoms with E-state index in [-0.39, 0.29) is 5.91 Å². The van der Waals surface area contributed by atoms with Gasteiger partial charge in [-0.15, -0.1) is 0 Å². The van der Waals surface area contributed by atoms with Gasteiger partial charge in [0.1, 0.15) is 6.04 Å². The first-order chi connectivity index (χ1) is 18.8. The van der Waals surface area contributed by atoms with Crippen LogP contribution in [-0.4, -0.2) is 64.5 Å². The summed E-state index contributed by atoms with van der Waals surface area (Å²) in [4.78, 5) is 27.7. The Bertz CT molecular complexity index is 1070. The Hall–Kier alpha value is -1.96. The molecule has 0 heterocycles. The van der Waals surface area contributed by atoms with Gasteiger partial charge in [0, 0.05) is 23.9 Å². The number of hydrogen-bond acceptors (Lipinski definition) is 5. The van der Waals surface area contributed by atoms with Crippen LogP contribution in [0.5, 0.6) is 0 Å². The molecule has 1 aliphatic rings. The molecule has 39 heavy (non-hydrogen) atoms. The molecule has 0 bridgehead atoms. The van der Waals surface area contributed by atoms with Gasteiger partial charge in [0.25, 0.3) is 5.91 Å². The number of nitrogens with zero attached hydrogens (tertiary/aromatic N) is 1. The number of carbonyl (C=O) groups is 2. The van der Waals surface area contributed by atoms with Crippen molar-refractivity contribution in [2.75, 3.05) is 30.6 Å². The van der Waals surface area contributed by atoms with Crippen LogP contribution < -0.4 is 5.32 Å². The van der Waals surface area contributed by atoms with E-state index in [2.05, 4.69) is 43.2 Å².